The highest BCUT2D eigenvalue weighted by molar-refractivity contribution is 5.98. The van der Waals surface area contributed by atoms with Gasteiger partial charge in [0, 0.05) is 74.0 Å². The maximum Gasteiger partial charge on any atom is 0.318 e. The van der Waals surface area contributed by atoms with E-state index < -0.39 is 6.17 Å². The Hall–Kier alpha value is -4.52. The van der Waals surface area contributed by atoms with Crippen molar-refractivity contribution in [2.24, 2.45) is 0 Å². The molecule has 4 aliphatic heterocycles. The van der Waals surface area contributed by atoms with Crippen LogP contribution >= 0.6 is 0 Å². The number of anilines is 2. The third-order valence-electron chi connectivity index (χ3n) is 12.5. The highest BCUT2D eigenvalue weighted by Gasteiger charge is 2.49. The number of phenols is 1. The summed E-state index contributed by atoms with van der Waals surface area (Å²) >= 11 is 0. The number of alkyl halides is 1. The van der Waals surface area contributed by atoms with E-state index in [0.29, 0.717) is 75.9 Å². The van der Waals surface area contributed by atoms with Gasteiger partial charge in [0.15, 0.2) is 5.69 Å². The summed E-state index contributed by atoms with van der Waals surface area (Å²) in [5.74, 6) is 0.645. The molecule has 280 valence electrons. The van der Waals surface area contributed by atoms with Crippen LogP contribution in [0.25, 0.3) is 10.8 Å². The molecule has 6 heterocycles. The first-order valence-electron chi connectivity index (χ1n) is 19.3. The average molecular weight is 727 g/mol. The maximum absolute atomic E-state index is 15.2. The van der Waals surface area contributed by atoms with E-state index in [1.165, 1.54) is 6.07 Å². The van der Waals surface area contributed by atoms with Crippen molar-refractivity contribution in [3.05, 3.63) is 63.9 Å². The Balaban J connectivity index is 1.09. The van der Waals surface area contributed by atoms with Gasteiger partial charge < -0.3 is 24.5 Å². The van der Waals surface area contributed by atoms with E-state index in [1.807, 2.05) is 30.5 Å². The number of carbonyl (C=O) groups is 1. The van der Waals surface area contributed by atoms with E-state index in [0.717, 1.165) is 90.0 Å². The molecule has 13 heteroatoms. The maximum atomic E-state index is 15.2. The van der Waals surface area contributed by atoms with Gasteiger partial charge in [-0.2, -0.15) is 15.1 Å². The number of rotatable bonds is 8. The molecule has 1 amide bonds. The number of fused-ring (bicyclic) bond motifs is 4. The molecule has 2 saturated heterocycles. The van der Waals surface area contributed by atoms with E-state index in [4.69, 9.17) is 19.8 Å². The highest BCUT2D eigenvalue weighted by Crippen LogP contribution is 2.42. The first-order valence-corrected chi connectivity index (χ1v) is 19.3. The van der Waals surface area contributed by atoms with Crippen LogP contribution in [-0.2, 0) is 32.5 Å². The average Bonchev–Trinajstić information content (AvgIpc) is 3.83. The lowest BCUT2D eigenvalue weighted by atomic mass is 9.95. The molecule has 0 bridgehead atoms. The van der Waals surface area contributed by atoms with E-state index in [9.17, 15) is 14.3 Å². The van der Waals surface area contributed by atoms with E-state index in [2.05, 4.69) is 14.7 Å². The molecule has 9 rings (SSSR count). The Labute approximate surface area is 308 Å². The second-order valence-corrected chi connectivity index (χ2v) is 15.8. The standard InChI is InChI=1S/C40H48F2N8O3/c1-4-29-31(42)10-7-25-17-28(51)18-33(35(25)29)47-16-11-30-32(21-47)43-39(53-23-40-12-5-14-49(40)20-26(41)19-40)44-37(30)48-13-6-15-50-34(22-48)24(2)36(45-50)38(52)46(3)27-8-9-27/h7,10,17-18,26-27,51H,4-6,8-9,11-16,19-23H2,1-3H3/t26-,40+/m1/s1. The number of aromatic nitrogens is 4. The number of phenolic OH excluding ortho intramolecular Hbond substituents is 1. The number of hydrogen-bond acceptors (Lipinski definition) is 9. The molecule has 1 N–H and O–H groups in total. The smallest absolute Gasteiger partial charge is 0.318 e. The van der Waals surface area contributed by atoms with Crippen LogP contribution in [0.1, 0.15) is 84.0 Å². The fraction of sp³-hybridized carbons (Fsp3) is 0.550. The Kier molecular flexibility index (Phi) is 8.47. The number of amides is 1. The molecular weight excluding hydrogens is 678 g/mol. The van der Waals surface area contributed by atoms with Gasteiger partial charge in [-0.15, -0.1) is 0 Å². The summed E-state index contributed by atoms with van der Waals surface area (Å²) in [6.07, 6.45) is 5.52. The molecular formula is C40H48F2N8O3. The van der Waals surface area contributed by atoms with Gasteiger partial charge in [0.05, 0.1) is 30.0 Å². The second-order valence-electron chi connectivity index (χ2n) is 15.8. The molecule has 5 aliphatic rings. The monoisotopic (exact) mass is 726 g/mol. The van der Waals surface area contributed by atoms with Crippen molar-refractivity contribution in [3.63, 3.8) is 0 Å². The van der Waals surface area contributed by atoms with Crippen LogP contribution in [0.15, 0.2) is 24.3 Å². The van der Waals surface area contributed by atoms with Gasteiger partial charge in [0.25, 0.3) is 5.91 Å². The quantitative estimate of drug-likeness (QED) is 0.245. The van der Waals surface area contributed by atoms with Gasteiger partial charge in [-0.05, 0) is 81.5 Å². The minimum absolute atomic E-state index is 0.0272. The predicted molar refractivity (Wildman–Crippen MR) is 198 cm³/mol. The van der Waals surface area contributed by atoms with E-state index >= 15 is 4.39 Å². The third kappa shape index (κ3) is 5.95. The van der Waals surface area contributed by atoms with Gasteiger partial charge >= 0.3 is 6.01 Å². The number of aryl methyl sites for hydroxylation is 2. The summed E-state index contributed by atoms with van der Waals surface area (Å²) in [4.78, 5) is 32.1. The fourth-order valence-corrected chi connectivity index (χ4v) is 9.46. The predicted octanol–water partition coefficient (Wildman–Crippen LogP) is 5.70. The molecule has 0 unspecified atom stereocenters. The Bertz CT molecular complexity index is 2100. The lowest BCUT2D eigenvalue weighted by Crippen LogP contribution is -2.43. The minimum Gasteiger partial charge on any atom is -0.508 e. The molecule has 0 spiro atoms. The summed E-state index contributed by atoms with van der Waals surface area (Å²) in [6.45, 7) is 8.57. The van der Waals surface area contributed by atoms with Crippen LogP contribution in [0.4, 0.5) is 20.3 Å². The van der Waals surface area contributed by atoms with Crippen LogP contribution in [0.5, 0.6) is 11.8 Å². The first kappa shape index (κ1) is 34.3. The molecule has 0 radical (unpaired) electrons. The van der Waals surface area contributed by atoms with Crippen LogP contribution in [0.2, 0.25) is 0 Å². The van der Waals surface area contributed by atoms with Crippen molar-refractivity contribution in [1.29, 1.82) is 0 Å². The number of benzene rings is 2. The molecule has 1 saturated carbocycles. The number of halogens is 2. The summed E-state index contributed by atoms with van der Waals surface area (Å²) in [5.41, 5.74) is 5.30. The topological polar surface area (TPSA) is 103 Å². The Morgan fingerprint density at radius 2 is 1.94 bits per heavy atom. The second kappa shape index (κ2) is 13.1. The summed E-state index contributed by atoms with van der Waals surface area (Å²) < 4.78 is 38.3. The van der Waals surface area contributed by atoms with Crippen LogP contribution in [0.3, 0.4) is 0 Å². The third-order valence-corrected chi connectivity index (χ3v) is 12.5. The summed E-state index contributed by atoms with van der Waals surface area (Å²) in [5, 5.41) is 17.2. The van der Waals surface area contributed by atoms with Crippen molar-refractivity contribution in [2.45, 2.75) is 103 Å². The van der Waals surface area contributed by atoms with Gasteiger partial charge in [-0.25, -0.2) is 8.78 Å². The van der Waals surface area contributed by atoms with E-state index in [-0.39, 0.29) is 29.0 Å². The molecule has 2 atom stereocenters. The normalized spacial score (nSPS) is 22.8. The highest BCUT2D eigenvalue weighted by atomic mass is 19.1. The molecule has 2 aromatic carbocycles. The van der Waals surface area contributed by atoms with Crippen molar-refractivity contribution in [3.8, 4) is 11.8 Å². The van der Waals surface area contributed by atoms with E-state index in [1.54, 1.807) is 18.2 Å². The molecule has 3 fully saturated rings. The van der Waals surface area contributed by atoms with Gasteiger partial charge in [0.1, 0.15) is 30.2 Å². The van der Waals surface area contributed by atoms with Crippen LogP contribution in [0, 0.1) is 12.7 Å². The molecule has 11 nitrogen and oxygen atoms in total. The van der Waals surface area contributed by atoms with Crippen LogP contribution in [-0.4, -0.2) is 98.1 Å². The largest absolute Gasteiger partial charge is 0.508 e. The molecule has 1 aliphatic carbocycles. The van der Waals surface area contributed by atoms with Crippen LogP contribution < -0.4 is 14.5 Å². The fourth-order valence-electron chi connectivity index (χ4n) is 9.46. The summed E-state index contributed by atoms with van der Waals surface area (Å²) in [6, 6.07) is 7.17. The lowest BCUT2D eigenvalue weighted by molar-refractivity contribution is 0.0777. The Morgan fingerprint density at radius 1 is 1.09 bits per heavy atom. The number of carbonyl (C=O) groups excluding carboxylic acids is 1. The zero-order chi connectivity index (χ0) is 36.6. The number of aromatic hydroxyl groups is 1. The molecule has 4 aromatic rings. The first-order chi connectivity index (χ1) is 25.6. The number of ether oxygens (including phenoxy) is 1. The lowest BCUT2D eigenvalue weighted by Gasteiger charge is -2.35. The SMILES string of the molecule is CCc1c(F)ccc2cc(O)cc(N3CCc4c(nc(OC[C@@]56CCCN5C[C@H](F)C6)nc4N4CCCn5nc(C(=O)N(C)C6CC6)c(C)c5C4)C3)c12. The van der Waals surface area contributed by atoms with Gasteiger partial charge in [-0.1, -0.05) is 13.0 Å². The summed E-state index contributed by atoms with van der Waals surface area (Å²) in [7, 11) is 1.87. The van der Waals surface area contributed by atoms with Crippen molar-refractivity contribution in [1.82, 2.24) is 29.5 Å². The van der Waals surface area contributed by atoms with Crippen molar-refractivity contribution < 1.29 is 23.4 Å². The van der Waals surface area contributed by atoms with Crippen molar-refractivity contribution in [2.75, 3.05) is 49.6 Å². The van der Waals surface area contributed by atoms with Gasteiger partial charge in [0.2, 0.25) is 0 Å². The zero-order valence-corrected chi connectivity index (χ0v) is 30.9. The number of hydrogen-bond donors (Lipinski definition) is 1. The van der Waals surface area contributed by atoms with Gasteiger partial charge in [-0.3, -0.25) is 14.4 Å². The van der Waals surface area contributed by atoms with Crippen molar-refractivity contribution >= 4 is 28.2 Å². The minimum atomic E-state index is -0.867. The number of nitrogens with zero attached hydrogens (tertiary/aromatic N) is 8. The Morgan fingerprint density at radius 3 is 2.75 bits per heavy atom. The molecule has 53 heavy (non-hydrogen) atoms. The molecule has 2 aromatic heterocycles. The zero-order valence-electron chi connectivity index (χ0n) is 30.9.